The highest BCUT2D eigenvalue weighted by molar-refractivity contribution is 5.76. The van der Waals surface area contributed by atoms with E-state index in [0.29, 0.717) is 26.1 Å². The number of nitrogens with one attached hydrogen (secondary N) is 1. The molecule has 0 radical (unpaired) electrons. The first-order valence-electron chi connectivity index (χ1n) is 8.21. The molecule has 1 aromatic carbocycles. The average Bonchev–Trinajstić information content (AvgIpc) is 3.04. The molecule has 7 heteroatoms. The predicted octanol–water partition coefficient (Wildman–Crippen LogP) is 1.99. The van der Waals surface area contributed by atoms with E-state index in [9.17, 15) is 14.0 Å². The quantitative estimate of drug-likeness (QED) is 0.915. The van der Waals surface area contributed by atoms with Crippen LogP contribution in [0.15, 0.2) is 24.3 Å². The zero-order valence-electron chi connectivity index (χ0n) is 13.9. The molecule has 3 rings (SSSR count). The second kappa shape index (κ2) is 6.67. The fourth-order valence-corrected chi connectivity index (χ4v) is 3.17. The van der Waals surface area contributed by atoms with Crippen LogP contribution in [0.4, 0.5) is 14.0 Å². The Morgan fingerprint density at radius 2 is 2.04 bits per heavy atom. The van der Waals surface area contributed by atoms with Gasteiger partial charge < -0.3 is 15.0 Å². The third kappa shape index (κ3) is 3.44. The van der Waals surface area contributed by atoms with E-state index in [0.717, 1.165) is 5.56 Å². The van der Waals surface area contributed by atoms with Crippen LogP contribution in [0.3, 0.4) is 0 Å². The molecular formula is C17H22FN3O3. The van der Waals surface area contributed by atoms with Crippen molar-refractivity contribution in [3.63, 3.8) is 0 Å². The van der Waals surface area contributed by atoms with Crippen molar-refractivity contribution in [1.82, 2.24) is 15.1 Å². The van der Waals surface area contributed by atoms with Crippen LogP contribution in [0.2, 0.25) is 0 Å². The highest BCUT2D eigenvalue weighted by atomic mass is 19.1. The topological polar surface area (TPSA) is 61.9 Å². The summed E-state index contributed by atoms with van der Waals surface area (Å²) in [6, 6.07) is 6.07. The molecule has 2 saturated heterocycles. The summed E-state index contributed by atoms with van der Waals surface area (Å²) >= 11 is 0. The van der Waals surface area contributed by atoms with Gasteiger partial charge in [0.1, 0.15) is 11.9 Å². The van der Waals surface area contributed by atoms with Crippen molar-refractivity contribution in [3.8, 4) is 0 Å². The van der Waals surface area contributed by atoms with Gasteiger partial charge in [0, 0.05) is 19.1 Å². The number of rotatable bonds is 4. The Morgan fingerprint density at radius 1 is 1.33 bits per heavy atom. The Hall–Kier alpha value is -2.31. The number of urea groups is 1. The maximum Gasteiger partial charge on any atom is 0.410 e. The fraction of sp³-hybridized carbons (Fsp3) is 0.529. The minimum Gasteiger partial charge on any atom is -0.442 e. The molecule has 0 spiro atoms. The van der Waals surface area contributed by atoms with Crippen molar-refractivity contribution in [2.45, 2.75) is 38.5 Å². The van der Waals surface area contributed by atoms with Crippen molar-refractivity contribution in [3.05, 3.63) is 35.6 Å². The number of amides is 3. The minimum absolute atomic E-state index is 0.0649. The summed E-state index contributed by atoms with van der Waals surface area (Å²) in [6.07, 6.45) is 0.0104. The molecule has 2 aliphatic rings. The molecular weight excluding hydrogens is 313 g/mol. The second-order valence-corrected chi connectivity index (χ2v) is 6.57. The monoisotopic (exact) mass is 335 g/mol. The van der Waals surface area contributed by atoms with Crippen LogP contribution in [0.1, 0.15) is 19.4 Å². The molecule has 2 heterocycles. The molecule has 0 aliphatic carbocycles. The van der Waals surface area contributed by atoms with Crippen LogP contribution in [0, 0.1) is 5.82 Å². The lowest BCUT2D eigenvalue weighted by Crippen LogP contribution is -2.45. The standard InChI is InChI=1S/C17H22FN3O3/c1-11(2)19-16(22)20-9-14-15(10-20)24-17(23)21(14)8-7-12-3-5-13(18)6-4-12/h3-6,11,14-15H,7-10H2,1-2H3,(H,19,22)/t14-,15+/m1/s1. The highest BCUT2D eigenvalue weighted by Gasteiger charge is 2.48. The van der Waals surface area contributed by atoms with E-state index in [1.807, 2.05) is 13.8 Å². The van der Waals surface area contributed by atoms with Gasteiger partial charge in [-0.2, -0.15) is 0 Å². The Balaban J connectivity index is 1.59. The van der Waals surface area contributed by atoms with E-state index in [1.54, 1.807) is 21.9 Å². The van der Waals surface area contributed by atoms with E-state index in [1.165, 1.54) is 12.1 Å². The Kier molecular flexibility index (Phi) is 4.59. The summed E-state index contributed by atoms with van der Waals surface area (Å²) in [4.78, 5) is 27.5. The number of ether oxygens (including phenoxy) is 1. The number of nitrogens with zero attached hydrogens (tertiary/aromatic N) is 2. The largest absolute Gasteiger partial charge is 0.442 e. The van der Waals surface area contributed by atoms with Crippen molar-refractivity contribution < 1.29 is 18.7 Å². The van der Waals surface area contributed by atoms with Crippen molar-refractivity contribution >= 4 is 12.1 Å². The van der Waals surface area contributed by atoms with Gasteiger partial charge in [-0.1, -0.05) is 12.1 Å². The highest BCUT2D eigenvalue weighted by Crippen LogP contribution is 2.27. The summed E-state index contributed by atoms with van der Waals surface area (Å²) in [5.74, 6) is -0.276. The summed E-state index contributed by atoms with van der Waals surface area (Å²) in [5.41, 5.74) is 0.958. The van der Waals surface area contributed by atoms with Crippen molar-refractivity contribution in [2.24, 2.45) is 0 Å². The van der Waals surface area contributed by atoms with E-state index in [4.69, 9.17) is 4.74 Å². The van der Waals surface area contributed by atoms with E-state index < -0.39 is 0 Å². The summed E-state index contributed by atoms with van der Waals surface area (Å²) in [7, 11) is 0. The van der Waals surface area contributed by atoms with Crippen LogP contribution in [-0.2, 0) is 11.2 Å². The summed E-state index contributed by atoms with van der Waals surface area (Å²) < 4.78 is 18.3. The zero-order valence-corrected chi connectivity index (χ0v) is 13.9. The average molecular weight is 335 g/mol. The van der Waals surface area contributed by atoms with Gasteiger partial charge in [-0.3, -0.25) is 4.90 Å². The van der Waals surface area contributed by atoms with Gasteiger partial charge in [0.25, 0.3) is 0 Å². The van der Waals surface area contributed by atoms with Crippen molar-refractivity contribution in [1.29, 1.82) is 0 Å². The molecule has 2 atom stereocenters. The summed E-state index contributed by atoms with van der Waals surface area (Å²) in [6.45, 7) is 5.19. The molecule has 0 saturated carbocycles. The van der Waals surface area contributed by atoms with Gasteiger partial charge in [-0.25, -0.2) is 14.0 Å². The number of fused-ring (bicyclic) bond motifs is 1. The lowest BCUT2D eigenvalue weighted by Gasteiger charge is -2.23. The number of carbonyl (C=O) groups excluding carboxylic acids is 2. The van der Waals surface area contributed by atoms with E-state index in [2.05, 4.69) is 5.32 Å². The van der Waals surface area contributed by atoms with Gasteiger partial charge in [0.05, 0.1) is 12.6 Å². The molecule has 2 fully saturated rings. The fourth-order valence-electron chi connectivity index (χ4n) is 3.17. The second-order valence-electron chi connectivity index (χ2n) is 6.57. The molecule has 2 aliphatic heterocycles. The van der Waals surface area contributed by atoms with Gasteiger partial charge in [0.2, 0.25) is 0 Å². The number of halogens is 1. The molecule has 0 bridgehead atoms. The molecule has 24 heavy (non-hydrogen) atoms. The molecule has 1 aromatic rings. The lowest BCUT2D eigenvalue weighted by atomic mass is 10.1. The Bertz CT molecular complexity index is 620. The predicted molar refractivity (Wildman–Crippen MR) is 86.1 cm³/mol. The van der Waals surface area contributed by atoms with Gasteiger partial charge in [-0.15, -0.1) is 0 Å². The number of hydrogen-bond donors (Lipinski definition) is 1. The number of hydrogen-bond acceptors (Lipinski definition) is 3. The number of benzene rings is 1. The first-order chi connectivity index (χ1) is 11.4. The maximum atomic E-state index is 12.9. The number of likely N-dealkylation sites (tertiary alicyclic amines) is 1. The van der Waals surface area contributed by atoms with Gasteiger partial charge >= 0.3 is 12.1 Å². The molecule has 130 valence electrons. The molecule has 1 N–H and O–H groups in total. The Morgan fingerprint density at radius 3 is 2.71 bits per heavy atom. The van der Waals surface area contributed by atoms with E-state index >= 15 is 0 Å². The smallest absolute Gasteiger partial charge is 0.410 e. The SMILES string of the molecule is CC(C)NC(=O)N1C[C@@H]2OC(=O)N(CCc3ccc(F)cc3)[C@@H]2C1. The third-order valence-electron chi connectivity index (χ3n) is 4.38. The molecule has 0 unspecified atom stereocenters. The zero-order chi connectivity index (χ0) is 17.3. The first kappa shape index (κ1) is 16.5. The Labute approximate surface area is 140 Å². The van der Waals surface area contributed by atoms with Crippen LogP contribution in [0.5, 0.6) is 0 Å². The first-order valence-corrected chi connectivity index (χ1v) is 8.21. The minimum atomic E-state index is -0.337. The van der Waals surface area contributed by atoms with Crippen molar-refractivity contribution in [2.75, 3.05) is 19.6 Å². The van der Waals surface area contributed by atoms with Crippen LogP contribution < -0.4 is 5.32 Å². The number of carbonyl (C=O) groups is 2. The normalized spacial score (nSPS) is 22.8. The lowest BCUT2D eigenvalue weighted by molar-refractivity contribution is 0.123. The van der Waals surface area contributed by atoms with Crippen LogP contribution >= 0.6 is 0 Å². The molecule has 6 nitrogen and oxygen atoms in total. The van der Waals surface area contributed by atoms with Crippen LogP contribution in [-0.4, -0.2) is 59.7 Å². The van der Waals surface area contributed by atoms with Gasteiger partial charge in [0.15, 0.2) is 0 Å². The summed E-state index contributed by atoms with van der Waals surface area (Å²) in [5, 5.41) is 2.86. The third-order valence-corrected chi connectivity index (χ3v) is 4.38. The van der Waals surface area contributed by atoms with E-state index in [-0.39, 0.29) is 36.1 Å². The molecule has 0 aromatic heterocycles. The maximum absolute atomic E-state index is 12.9. The van der Waals surface area contributed by atoms with Gasteiger partial charge in [-0.05, 0) is 38.0 Å². The molecule has 3 amide bonds. The van der Waals surface area contributed by atoms with Crippen LogP contribution in [0.25, 0.3) is 0 Å².